The number of benzene rings is 1. The minimum atomic E-state index is -5.11. The molecule has 6 rings (SSSR count). The zero-order valence-corrected chi connectivity index (χ0v) is 37.4. The van der Waals surface area contributed by atoms with Gasteiger partial charge in [0.2, 0.25) is 27.7 Å². The largest absolute Gasteiger partial charge is 0.491 e. The van der Waals surface area contributed by atoms with Crippen molar-refractivity contribution in [2.45, 2.75) is 140 Å². The van der Waals surface area contributed by atoms with Crippen LogP contribution >= 0.6 is 11.6 Å². The molecule has 62 heavy (non-hydrogen) atoms. The normalized spacial score (nSPS) is 27.8. The molecule has 340 valence electrons. The summed E-state index contributed by atoms with van der Waals surface area (Å²) in [6.45, 7) is 9.64. The average molecular weight is 910 g/mol. The van der Waals surface area contributed by atoms with Gasteiger partial charge in [0.25, 0.3) is 5.91 Å². The number of hydrogen-bond acceptors (Lipinski definition) is 9. The summed E-state index contributed by atoms with van der Waals surface area (Å²) < 4.78 is 83.7. The van der Waals surface area contributed by atoms with Gasteiger partial charge in [-0.1, -0.05) is 37.6 Å². The summed E-state index contributed by atoms with van der Waals surface area (Å²) in [5.41, 5.74) is -3.72. The highest BCUT2D eigenvalue weighted by Crippen LogP contribution is 2.48. The van der Waals surface area contributed by atoms with E-state index in [1.165, 1.54) is 19.9 Å². The van der Waals surface area contributed by atoms with Gasteiger partial charge in [-0.25, -0.2) is 18.2 Å². The molecule has 1 aromatic carbocycles. The number of halogens is 4. The van der Waals surface area contributed by atoms with E-state index in [1.807, 2.05) is 20.8 Å². The molecule has 0 spiro atoms. The molecule has 0 radical (unpaired) electrons. The fraction of sp³-hybridized carbons (Fsp3) is 0.605. The summed E-state index contributed by atoms with van der Waals surface area (Å²) in [7, 11) is -4.13. The number of hydrogen-bond donors (Lipinski definition) is 3. The fourth-order valence-corrected chi connectivity index (χ4v) is 9.92. The molecule has 2 saturated carbocycles. The Morgan fingerprint density at radius 2 is 1.76 bits per heavy atom. The molecule has 4 amide bonds. The van der Waals surface area contributed by atoms with Crippen molar-refractivity contribution in [2.24, 2.45) is 17.8 Å². The van der Waals surface area contributed by atoms with E-state index in [2.05, 4.69) is 15.0 Å². The van der Waals surface area contributed by atoms with E-state index in [-0.39, 0.29) is 47.1 Å². The molecule has 1 aromatic heterocycles. The van der Waals surface area contributed by atoms with E-state index in [1.54, 1.807) is 42.5 Å². The molecule has 7 atom stereocenters. The molecular formula is C43H55ClF3N5O9S. The number of carbonyl (C=O) groups excluding carboxylic acids is 3. The van der Waals surface area contributed by atoms with Gasteiger partial charge in [-0.15, -0.1) is 0 Å². The molecule has 2 aliphatic carbocycles. The Bertz CT molecular complexity index is 2200. The number of carbonyl (C=O) groups is 4. The van der Waals surface area contributed by atoms with Crippen LogP contribution in [0.1, 0.15) is 93.4 Å². The third kappa shape index (κ3) is 9.65. The van der Waals surface area contributed by atoms with E-state index in [4.69, 9.17) is 21.1 Å². The molecule has 19 heteroatoms. The molecule has 0 bridgehead atoms. The van der Waals surface area contributed by atoms with Crippen LogP contribution in [-0.2, 0) is 24.4 Å². The van der Waals surface area contributed by atoms with Crippen LogP contribution in [0.3, 0.4) is 0 Å². The van der Waals surface area contributed by atoms with Crippen molar-refractivity contribution < 1.29 is 55.3 Å². The van der Waals surface area contributed by atoms with Crippen LogP contribution in [0.15, 0.2) is 48.6 Å². The zero-order valence-electron chi connectivity index (χ0n) is 35.8. The number of amides is 4. The highest BCUT2D eigenvalue weighted by molar-refractivity contribution is 7.91. The van der Waals surface area contributed by atoms with Crippen LogP contribution in [0, 0.1) is 17.8 Å². The first-order chi connectivity index (χ1) is 28.8. The summed E-state index contributed by atoms with van der Waals surface area (Å²) >= 11 is 6.52. The number of alkyl halides is 3. The van der Waals surface area contributed by atoms with Crippen molar-refractivity contribution in [3.8, 4) is 22.9 Å². The molecule has 1 saturated heterocycles. The summed E-state index contributed by atoms with van der Waals surface area (Å²) in [5, 5.41) is 13.5. The molecule has 14 nitrogen and oxygen atoms in total. The maximum Gasteiger partial charge on any atom is 0.411 e. The highest BCUT2D eigenvalue weighted by atomic mass is 35.5. The second-order valence-corrected chi connectivity index (χ2v) is 20.9. The molecule has 3 N–H and O–H groups in total. The van der Waals surface area contributed by atoms with Crippen LogP contribution in [0.4, 0.5) is 18.0 Å². The quantitative estimate of drug-likeness (QED) is 0.208. The predicted molar refractivity (Wildman–Crippen MR) is 224 cm³/mol. The lowest BCUT2D eigenvalue weighted by atomic mass is 9.85. The summed E-state index contributed by atoms with van der Waals surface area (Å²) in [6, 6.07) is 6.67. The Balaban J connectivity index is 1.39. The van der Waals surface area contributed by atoms with Gasteiger partial charge in [0.1, 0.15) is 35.0 Å². The van der Waals surface area contributed by atoms with Gasteiger partial charge in [-0.05, 0) is 115 Å². The van der Waals surface area contributed by atoms with Gasteiger partial charge in [0, 0.05) is 29.0 Å². The summed E-state index contributed by atoms with van der Waals surface area (Å²) in [4.78, 5) is 62.3. The van der Waals surface area contributed by atoms with Crippen molar-refractivity contribution in [1.82, 2.24) is 24.8 Å². The minimum Gasteiger partial charge on any atom is -0.491 e. The molecular weight excluding hydrogens is 855 g/mol. The monoisotopic (exact) mass is 909 g/mol. The van der Waals surface area contributed by atoms with Crippen molar-refractivity contribution in [3.63, 3.8) is 0 Å². The lowest BCUT2D eigenvalue weighted by Crippen LogP contribution is -2.66. The lowest BCUT2D eigenvalue weighted by molar-refractivity contribution is -0.222. The third-order valence-electron chi connectivity index (χ3n) is 12.6. The van der Waals surface area contributed by atoms with Gasteiger partial charge in [-0.3, -0.25) is 24.0 Å². The van der Waals surface area contributed by atoms with Crippen molar-refractivity contribution in [1.29, 1.82) is 0 Å². The van der Waals surface area contributed by atoms with E-state index in [0.717, 1.165) is 4.90 Å². The number of allylic oxidation sites excluding steroid dienone is 1. The standard InChI is InChI=1S/C43H55ClF3N5O9S/c1-24(2)60-30-14-12-27(13-15-30)32-19-29(44)20-34(48-32)61-31-21-33-36(53)49-42(38(55)50-62(58,59)41(7)16-17-41)22-28(42)11-9-8-10-25(3)18-26(4)35(37(54)51(33)23-31)52(39(56)57)40(5,6)43(45,46)47/h9,11-15,19-20,24-26,28,31,33,35H,8,10,16-18,21-23H2,1-7H3,(H,49,53)(H,50,55)(H,56,57)/t25-,26+,28+,31+,33-,35-,42+/m0/s1. The number of fused-ring (bicyclic) bond motifs is 2. The Morgan fingerprint density at radius 3 is 2.35 bits per heavy atom. The average Bonchev–Trinajstić information content (AvgIpc) is 4.04. The van der Waals surface area contributed by atoms with Crippen LogP contribution in [0.2, 0.25) is 5.02 Å². The Labute approximate surface area is 365 Å². The van der Waals surface area contributed by atoms with E-state index in [0.29, 0.717) is 56.5 Å². The molecule has 0 unspecified atom stereocenters. The third-order valence-corrected chi connectivity index (χ3v) is 14.9. The first-order valence-corrected chi connectivity index (χ1v) is 22.7. The topological polar surface area (TPSA) is 185 Å². The maximum atomic E-state index is 15.0. The number of carboxylic acid groups (broad SMARTS) is 1. The predicted octanol–water partition coefficient (Wildman–Crippen LogP) is 7.11. The van der Waals surface area contributed by atoms with Crippen LogP contribution in [0.25, 0.3) is 11.3 Å². The minimum absolute atomic E-state index is 0.00161. The Kier molecular flexibility index (Phi) is 13.0. The Hall–Kier alpha value is -4.58. The highest BCUT2D eigenvalue weighted by Gasteiger charge is 2.64. The number of nitrogens with zero attached hydrogens (tertiary/aromatic N) is 3. The van der Waals surface area contributed by atoms with Crippen molar-refractivity contribution >= 4 is 45.4 Å². The SMILES string of the molecule is CC(C)Oc1ccc(-c2cc(Cl)cc(O[C@@H]3C[C@H]4C(=O)N[C@]5(C(=O)NS(=O)(=O)C6(C)CC6)C[C@H]5C=CCC[C@H](C)C[C@@H](C)[C@H](N(C(=O)O)C(C)(C)C(F)(F)F)C(=O)N4C3)n2)cc1. The van der Waals surface area contributed by atoms with Crippen LogP contribution in [0.5, 0.6) is 11.6 Å². The number of rotatable bonds is 10. The second-order valence-electron chi connectivity index (χ2n) is 18.3. The first kappa shape index (κ1) is 46.9. The number of aromatic nitrogens is 1. The molecule has 3 heterocycles. The van der Waals surface area contributed by atoms with Crippen LogP contribution < -0.4 is 19.5 Å². The zero-order chi connectivity index (χ0) is 45.7. The molecule has 2 aromatic rings. The van der Waals surface area contributed by atoms with Crippen LogP contribution in [-0.4, -0.2) is 105 Å². The van der Waals surface area contributed by atoms with Gasteiger partial charge < -0.3 is 24.8 Å². The fourth-order valence-electron chi connectivity index (χ4n) is 8.41. The van der Waals surface area contributed by atoms with E-state index >= 15 is 4.79 Å². The van der Waals surface area contributed by atoms with E-state index < -0.39 is 92.4 Å². The van der Waals surface area contributed by atoms with Crippen molar-refractivity contribution in [2.75, 3.05) is 6.54 Å². The number of ether oxygens (including phenoxy) is 2. The molecule has 2 aliphatic heterocycles. The first-order valence-electron chi connectivity index (χ1n) is 20.8. The number of nitrogens with one attached hydrogen (secondary N) is 2. The van der Waals surface area contributed by atoms with Gasteiger partial charge in [0.15, 0.2) is 0 Å². The number of sulfonamides is 1. The Morgan fingerprint density at radius 1 is 1.10 bits per heavy atom. The smallest absolute Gasteiger partial charge is 0.411 e. The van der Waals surface area contributed by atoms with Gasteiger partial charge in [0.05, 0.1) is 23.1 Å². The number of pyridine rings is 1. The maximum absolute atomic E-state index is 15.0. The van der Waals surface area contributed by atoms with Gasteiger partial charge >= 0.3 is 12.3 Å². The second kappa shape index (κ2) is 17.2. The van der Waals surface area contributed by atoms with E-state index in [9.17, 15) is 41.1 Å². The molecule has 3 fully saturated rings. The summed E-state index contributed by atoms with van der Waals surface area (Å²) in [5.74, 6) is -4.08. The summed E-state index contributed by atoms with van der Waals surface area (Å²) in [6.07, 6.45) is -3.08. The van der Waals surface area contributed by atoms with Gasteiger partial charge in [-0.2, -0.15) is 13.2 Å². The lowest BCUT2D eigenvalue weighted by Gasteiger charge is -2.45. The molecule has 4 aliphatic rings. The van der Waals surface area contributed by atoms with Crippen molar-refractivity contribution in [3.05, 3.63) is 53.6 Å².